The molecule has 0 aromatic heterocycles. The van der Waals surface area contributed by atoms with Gasteiger partial charge in [-0.25, -0.2) is 4.79 Å². The molecule has 0 heterocycles. The molecule has 0 bridgehead atoms. The Morgan fingerprint density at radius 1 is 0.654 bits per heavy atom. The number of carbonyl (C=O) groups is 1. The molecule has 5 rings (SSSR count). The highest BCUT2D eigenvalue weighted by Gasteiger charge is 2.71. The molecular weight excluding hydrogens is 639 g/mol. The van der Waals surface area contributed by atoms with Crippen molar-refractivity contribution in [1.82, 2.24) is 0 Å². The smallest absolute Gasteiger partial charge is 0.362 e. The lowest BCUT2D eigenvalue weighted by atomic mass is 9.31. The number of carbonyl (C=O) groups excluding carboxylic acids is 1. The molecule has 1 N–H and O–H groups in total. The Morgan fingerprint density at radius 3 is 1.85 bits per heavy atom. The average Bonchev–Trinajstić information content (AvgIpc) is 3.05. The third-order valence-corrected chi connectivity index (χ3v) is 18.3. The van der Waals surface area contributed by atoms with Gasteiger partial charge in [0.2, 0.25) is 0 Å². The predicted molar refractivity (Wildman–Crippen MR) is 219 cm³/mol. The van der Waals surface area contributed by atoms with E-state index in [1.807, 2.05) is 0 Å². The van der Waals surface area contributed by atoms with Crippen LogP contribution < -0.4 is 0 Å². The lowest BCUT2D eigenvalue weighted by Gasteiger charge is -2.74. The summed E-state index contributed by atoms with van der Waals surface area (Å²) in [4.78, 5) is 13.6. The quantitative estimate of drug-likeness (QED) is 0.0978. The first kappa shape index (κ1) is 42.5. The van der Waals surface area contributed by atoms with Gasteiger partial charge in [-0.2, -0.15) is 0 Å². The van der Waals surface area contributed by atoms with E-state index in [9.17, 15) is 9.90 Å². The SMILES string of the molecule is CCCCCCCCCCCCCC[N+](C)(C)CC(=O)O[C@H]1CC[C@]2(C)[C@H]3CC[C@@H]4[C@H]5[C@@H](O)C(C)(C)CC[C@]5(C)CC[C@@]4(C)[C@]3(C)CC[C@H]2C1(C)C. The highest BCUT2D eigenvalue weighted by Crippen LogP contribution is 2.77. The number of hydrogen-bond donors (Lipinski definition) is 1. The van der Waals surface area contributed by atoms with E-state index >= 15 is 0 Å². The van der Waals surface area contributed by atoms with Gasteiger partial charge < -0.3 is 14.3 Å². The lowest BCUT2D eigenvalue weighted by molar-refractivity contribution is -0.883. The third-order valence-electron chi connectivity index (χ3n) is 18.3. The standard InChI is InChI=1S/C48H88NO3/c1-12-13-14-15-16-17-18-19-20-21-22-23-34-49(10,11)35-40(50)52-39-27-28-46(7)37(44(39,4)5)26-29-48(9)38(46)25-24-36-41-42(51)43(2,3)30-31-45(41,6)32-33-47(36,48)8/h36-39,41-42,51H,12-35H2,1-11H3/q+1/t36-,37+,38-,39+,41+,42-,45-,46+,47-,48-/m1/s1. The van der Waals surface area contributed by atoms with E-state index in [0.717, 1.165) is 23.9 Å². The summed E-state index contributed by atoms with van der Waals surface area (Å²) in [6.07, 6.45) is 28.5. The number of aliphatic hydroxyl groups is 1. The van der Waals surface area contributed by atoms with Crippen LogP contribution in [0.3, 0.4) is 0 Å². The molecule has 4 heteroatoms. The van der Waals surface area contributed by atoms with Gasteiger partial charge in [0, 0.05) is 5.41 Å². The number of ether oxygens (including phenoxy) is 1. The summed E-state index contributed by atoms with van der Waals surface area (Å²) < 4.78 is 7.27. The Balaban J connectivity index is 1.13. The molecule has 0 radical (unpaired) electrons. The van der Waals surface area contributed by atoms with Crippen LogP contribution in [0.1, 0.15) is 204 Å². The van der Waals surface area contributed by atoms with Crippen LogP contribution in [0.4, 0.5) is 0 Å². The molecule has 52 heavy (non-hydrogen) atoms. The number of hydrogen-bond acceptors (Lipinski definition) is 3. The van der Waals surface area contributed by atoms with Crippen LogP contribution in [0.5, 0.6) is 0 Å². The van der Waals surface area contributed by atoms with Gasteiger partial charge in [-0.1, -0.05) is 127 Å². The molecule has 302 valence electrons. The average molecular weight is 727 g/mol. The largest absolute Gasteiger partial charge is 0.458 e. The fourth-order valence-corrected chi connectivity index (χ4v) is 14.5. The summed E-state index contributed by atoms with van der Waals surface area (Å²) >= 11 is 0. The van der Waals surface area contributed by atoms with E-state index in [2.05, 4.69) is 76.4 Å². The van der Waals surface area contributed by atoms with Crippen LogP contribution in [0.2, 0.25) is 0 Å². The zero-order valence-electron chi connectivity index (χ0n) is 36.6. The first-order valence-corrected chi connectivity index (χ1v) is 23.0. The number of quaternary nitrogens is 1. The minimum atomic E-state index is -0.194. The molecular formula is C48H88NO3+. The number of unbranched alkanes of at least 4 members (excludes halogenated alkanes) is 11. The Kier molecular flexibility index (Phi) is 13.2. The van der Waals surface area contributed by atoms with Crippen molar-refractivity contribution in [2.45, 2.75) is 216 Å². The third kappa shape index (κ3) is 8.11. The van der Waals surface area contributed by atoms with Crippen LogP contribution in [-0.2, 0) is 9.53 Å². The van der Waals surface area contributed by atoms with Crippen LogP contribution in [0.15, 0.2) is 0 Å². The first-order chi connectivity index (χ1) is 24.3. The van der Waals surface area contributed by atoms with Crippen LogP contribution in [0.25, 0.3) is 0 Å². The second-order valence-corrected chi connectivity index (χ2v) is 22.8. The van der Waals surface area contributed by atoms with E-state index in [4.69, 9.17) is 4.74 Å². The summed E-state index contributed by atoms with van der Waals surface area (Å²) in [5, 5.41) is 12.0. The van der Waals surface area contributed by atoms with Crippen molar-refractivity contribution in [3.05, 3.63) is 0 Å². The van der Waals surface area contributed by atoms with Crippen molar-refractivity contribution < 1.29 is 19.1 Å². The molecule has 5 fully saturated rings. The van der Waals surface area contributed by atoms with Gasteiger partial charge in [0.1, 0.15) is 6.10 Å². The fourth-order valence-electron chi connectivity index (χ4n) is 14.5. The zero-order valence-corrected chi connectivity index (χ0v) is 36.6. The second-order valence-electron chi connectivity index (χ2n) is 22.8. The van der Waals surface area contributed by atoms with E-state index in [1.165, 1.54) is 128 Å². The maximum absolute atomic E-state index is 13.6. The molecule has 10 atom stereocenters. The Labute approximate surface area is 323 Å². The number of likely N-dealkylation sites (N-methyl/N-ethyl adjacent to an activating group) is 1. The summed E-state index contributed by atoms with van der Waals surface area (Å²) in [6.45, 7) is 23.9. The minimum absolute atomic E-state index is 0.0102. The number of rotatable bonds is 16. The van der Waals surface area contributed by atoms with E-state index in [1.54, 1.807) is 0 Å². The molecule has 0 saturated heterocycles. The topological polar surface area (TPSA) is 46.5 Å². The molecule has 4 nitrogen and oxygen atoms in total. The normalized spacial score (nSPS) is 40.9. The van der Waals surface area contributed by atoms with Crippen LogP contribution in [0, 0.1) is 56.2 Å². The molecule has 0 aliphatic heterocycles. The molecule has 5 saturated carbocycles. The molecule has 0 unspecified atom stereocenters. The first-order valence-electron chi connectivity index (χ1n) is 23.0. The highest BCUT2D eigenvalue weighted by atomic mass is 16.5. The monoisotopic (exact) mass is 727 g/mol. The van der Waals surface area contributed by atoms with Crippen molar-refractivity contribution in [3.63, 3.8) is 0 Å². The zero-order chi connectivity index (χ0) is 38.2. The van der Waals surface area contributed by atoms with Crippen molar-refractivity contribution in [3.8, 4) is 0 Å². The maximum atomic E-state index is 13.6. The van der Waals surface area contributed by atoms with Gasteiger partial charge in [0.15, 0.2) is 6.54 Å². The van der Waals surface area contributed by atoms with Gasteiger partial charge in [-0.15, -0.1) is 0 Å². The summed E-state index contributed by atoms with van der Waals surface area (Å²) in [5.74, 6) is 2.32. The summed E-state index contributed by atoms with van der Waals surface area (Å²) in [7, 11) is 4.45. The van der Waals surface area contributed by atoms with Gasteiger partial charge in [-0.05, 0) is 128 Å². The van der Waals surface area contributed by atoms with E-state index < -0.39 is 0 Å². The van der Waals surface area contributed by atoms with E-state index in [-0.39, 0.29) is 45.3 Å². The number of fused-ring (bicyclic) bond motifs is 7. The molecule has 5 aliphatic rings. The van der Waals surface area contributed by atoms with Crippen molar-refractivity contribution in [2.24, 2.45) is 56.2 Å². The second kappa shape index (κ2) is 16.1. The Hall–Kier alpha value is -0.610. The molecule has 0 amide bonds. The van der Waals surface area contributed by atoms with Gasteiger partial charge in [0.25, 0.3) is 0 Å². The van der Waals surface area contributed by atoms with E-state index in [0.29, 0.717) is 35.6 Å². The summed E-state index contributed by atoms with van der Waals surface area (Å²) in [6, 6.07) is 0. The number of nitrogens with zero attached hydrogens (tertiary/aromatic N) is 1. The summed E-state index contributed by atoms with van der Waals surface area (Å²) in [5.41, 5.74) is 1.11. The van der Waals surface area contributed by atoms with Crippen LogP contribution in [-0.4, -0.2) is 55.0 Å². The predicted octanol–water partition coefficient (Wildman–Crippen LogP) is 12.5. The number of esters is 1. The molecule has 5 aliphatic carbocycles. The Bertz CT molecular complexity index is 1190. The van der Waals surface area contributed by atoms with Crippen molar-refractivity contribution >= 4 is 5.97 Å². The fraction of sp³-hybridized carbons (Fsp3) is 0.979. The number of aliphatic hydroxyl groups excluding tert-OH is 1. The lowest BCUT2D eigenvalue weighted by Crippen LogP contribution is -2.68. The van der Waals surface area contributed by atoms with Gasteiger partial charge in [-0.3, -0.25) is 0 Å². The highest BCUT2D eigenvalue weighted by molar-refractivity contribution is 5.70. The maximum Gasteiger partial charge on any atom is 0.362 e. The minimum Gasteiger partial charge on any atom is -0.458 e. The Morgan fingerprint density at radius 2 is 1.23 bits per heavy atom. The van der Waals surface area contributed by atoms with Crippen molar-refractivity contribution in [1.29, 1.82) is 0 Å². The molecule has 0 spiro atoms. The molecule has 0 aromatic carbocycles. The van der Waals surface area contributed by atoms with Crippen LogP contribution >= 0.6 is 0 Å². The van der Waals surface area contributed by atoms with Crippen molar-refractivity contribution in [2.75, 3.05) is 27.2 Å². The molecule has 0 aromatic rings. The van der Waals surface area contributed by atoms with Gasteiger partial charge >= 0.3 is 5.97 Å². The van der Waals surface area contributed by atoms with Gasteiger partial charge in [0.05, 0.1) is 26.7 Å².